The number of para-hydroxylation sites is 1. The fourth-order valence-electron chi connectivity index (χ4n) is 5.05. The molecule has 0 aliphatic carbocycles. The smallest absolute Gasteiger partial charge is 0.253 e. The average molecular weight is 560 g/mol. The van der Waals surface area contributed by atoms with Gasteiger partial charge in [0.2, 0.25) is 5.91 Å². The molecular formula is C31H30FN3O4S. The molecule has 0 atom stereocenters. The van der Waals surface area contributed by atoms with Crippen LogP contribution in [-0.4, -0.2) is 61.2 Å². The number of hydrogen-bond acceptors (Lipinski definition) is 5. The second-order valence-electron chi connectivity index (χ2n) is 10.5. The third-order valence-electron chi connectivity index (χ3n) is 7.44. The van der Waals surface area contributed by atoms with Gasteiger partial charge in [0.15, 0.2) is 9.84 Å². The van der Waals surface area contributed by atoms with Crippen LogP contribution in [0.25, 0.3) is 10.9 Å². The minimum absolute atomic E-state index is 0.0711. The monoisotopic (exact) mass is 559 g/mol. The summed E-state index contributed by atoms with van der Waals surface area (Å²) in [5.74, 6) is -0.798. The molecule has 0 bridgehead atoms. The van der Waals surface area contributed by atoms with Crippen molar-refractivity contribution in [2.24, 2.45) is 0 Å². The van der Waals surface area contributed by atoms with Crippen molar-refractivity contribution in [2.75, 3.05) is 26.2 Å². The first-order valence-corrected chi connectivity index (χ1v) is 14.7. The molecule has 7 nitrogen and oxygen atoms in total. The van der Waals surface area contributed by atoms with Gasteiger partial charge in [-0.3, -0.25) is 14.6 Å². The number of rotatable bonds is 6. The van der Waals surface area contributed by atoms with Crippen LogP contribution in [0.15, 0.2) is 90.0 Å². The summed E-state index contributed by atoms with van der Waals surface area (Å²) in [4.78, 5) is 34.3. The van der Waals surface area contributed by atoms with Gasteiger partial charge in [-0.1, -0.05) is 42.5 Å². The number of amides is 2. The van der Waals surface area contributed by atoms with Crippen molar-refractivity contribution in [1.82, 2.24) is 14.8 Å². The van der Waals surface area contributed by atoms with Crippen molar-refractivity contribution in [3.63, 3.8) is 0 Å². The molecule has 3 aromatic carbocycles. The molecule has 1 aromatic heterocycles. The largest absolute Gasteiger partial charge is 0.338 e. The number of aromatic nitrogens is 1. The number of hydrogen-bond donors (Lipinski definition) is 0. The van der Waals surface area contributed by atoms with Gasteiger partial charge in [-0.05, 0) is 61.4 Å². The summed E-state index contributed by atoms with van der Waals surface area (Å²) in [5, 5.41) is 0.755. The highest BCUT2D eigenvalue weighted by Crippen LogP contribution is 2.27. The molecule has 2 heterocycles. The molecule has 0 spiro atoms. The third-order valence-corrected chi connectivity index (χ3v) is 9.16. The Morgan fingerprint density at radius 1 is 0.850 bits per heavy atom. The Morgan fingerprint density at radius 3 is 2.15 bits per heavy atom. The van der Waals surface area contributed by atoms with Crippen molar-refractivity contribution in [1.29, 1.82) is 0 Å². The predicted octanol–water partition coefficient (Wildman–Crippen LogP) is 4.61. The van der Waals surface area contributed by atoms with Crippen LogP contribution in [0.1, 0.15) is 35.3 Å². The van der Waals surface area contributed by atoms with Gasteiger partial charge in [0, 0.05) is 43.3 Å². The highest BCUT2D eigenvalue weighted by Gasteiger charge is 2.36. The zero-order valence-corrected chi connectivity index (χ0v) is 23.2. The van der Waals surface area contributed by atoms with Crippen molar-refractivity contribution in [3.05, 3.63) is 108 Å². The molecule has 5 rings (SSSR count). The number of sulfone groups is 1. The maximum atomic E-state index is 13.3. The summed E-state index contributed by atoms with van der Waals surface area (Å²) in [5.41, 5.74) is 1.38. The number of benzene rings is 3. The highest BCUT2D eigenvalue weighted by molar-refractivity contribution is 7.90. The number of pyridine rings is 1. The van der Waals surface area contributed by atoms with E-state index < -0.39 is 15.3 Å². The molecule has 2 amide bonds. The minimum Gasteiger partial charge on any atom is -0.338 e. The third kappa shape index (κ3) is 5.47. The summed E-state index contributed by atoms with van der Waals surface area (Å²) in [6.07, 6.45) is 1.57. The zero-order valence-electron chi connectivity index (χ0n) is 22.4. The molecule has 40 heavy (non-hydrogen) atoms. The van der Waals surface area contributed by atoms with Gasteiger partial charge < -0.3 is 9.80 Å². The topological polar surface area (TPSA) is 87.7 Å². The first-order valence-electron chi connectivity index (χ1n) is 13.1. The number of halogens is 1. The van der Waals surface area contributed by atoms with E-state index in [0.717, 1.165) is 10.9 Å². The lowest BCUT2D eigenvalue weighted by atomic mass is 9.83. The molecule has 1 saturated heterocycles. The van der Waals surface area contributed by atoms with Crippen LogP contribution in [0.4, 0.5) is 4.39 Å². The average Bonchev–Trinajstić information content (AvgIpc) is 2.96. The van der Waals surface area contributed by atoms with Crippen LogP contribution >= 0.6 is 0 Å². The van der Waals surface area contributed by atoms with E-state index >= 15 is 0 Å². The van der Waals surface area contributed by atoms with Gasteiger partial charge in [0.05, 0.1) is 21.6 Å². The summed E-state index contributed by atoms with van der Waals surface area (Å²) in [7, 11) is -3.66. The molecule has 0 radical (unpaired) electrons. The lowest BCUT2D eigenvalue weighted by Crippen LogP contribution is -2.54. The lowest BCUT2D eigenvalue weighted by molar-refractivity contribution is -0.137. The number of fused-ring (bicyclic) bond motifs is 1. The van der Waals surface area contributed by atoms with E-state index in [4.69, 9.17) is 0 Å². The van der Waals surface area contributed by atoms with Crippen LogP contribution in [0, 0.1) is 5.82 Å². The molecule has 206 valence electrons. The number of nitrogens with zero attached hydrogens (tertiary/aromatic N) is 3. The van der Waals surface area contributed by atoms with E-state index in [9.17, 15) is 22.4 Å². The summed E-state index contributed by atoms with van der Waals surface area (Å²) >= 11 is 0. The van der Waals surface area contributed by atoms with Crippen molar-refractivity contribution >= 4 is 32.6 Å². The Kier molecular flexibility index (Phi) is 7.42. The molecule has 1 aliphatic rings. The van der Waals surface area contributed by atoms with Crippen LogP contribution in [-0.2, 0) is 25.8 Å². The maximum Gasteiger partial charge on any atom is 0.253 e. The van der Waals surface area contributed by atoms with E-state index in [1.54, 1.807) is 70.6 Å². The second kappa shape index (κ2) is 10.8. The minimum atomic E-state index is -3.66. The summed E-state index contributed by atoms with van der Waals surface area (Å²) < 4.78 is 39.7. The Balaban J connectivity index is 1.22. The first-order chi connectivity index (χ1) is 19.1. The second-order valence-corrected chi connectivity index (χ2v) is 12.5. The molecular weight excluding hydrogens is 529 g/mol. The molecule has 0 unspecified atom stereocenters. The Labute approximate surface area is 233 Å². The summed E-state index contributed by atoms with van der Waals surface area (Å²) in [6.45, 7) is 5.19. The zero-order chi connectivity index (χ0) is 28.5. The fourth-order valence-corrected chi connectivity index (χ4v) is 6.59. The lowest BCUT2D eigenvalue weighted by Gasteiger charge is -2.38. The Morgan fingerprint density at radius 2 is 1.48 bits per heavy atom. The SMILES string of the molecule is CC(C)(C(=O)N1CCN(C(=O)c2ccc(CS(=O)(=O)c3cccc4cccnc34)cc2)CC1)c1ccc(F)cc1. The van der Waals surface area contributed by atoms with E-state index in [1.165, 1.54) is 12.1 Å². The van der Waals surface area contributed by atoms with E-state index in [-0.39, 0.29) is 28.3 Å². The van der Waals surface area contributed by atoms with Crippen molar-refractivity contribution in [2.45, 2.75) is 29.9 Å². The Bertz CT molecular complexity index is 1660. The van der Waals surface area contributed by atoms with Gasteiger partial charge in [0.25, 0.3) is 5.91 Å². The fraction of sp³-hybridized carbons (Fsp3) is 0.258. The number of carbonyl (C=O) groups is 2. The molecule has 1 aliphatic heterocycles. The van der Waals surface area contributed by atoms with E-state index in [1.807, 2.05) is 26.0 Å². The number of piperazine rings is 1. The van der Waals surface area contributed by atoms with Gasteiger partial charge in [-0.15, -0.1) is 0 Å². The summed E-state index contributed by atoms with van der Waals surface area (Å²) in [6, 6.07) is 21.2. The molecule has 1 fully saturated rings. The first kappa shape index (κ1) is 27.5. The quantitative estimate of drug-likeness (QED) is 0.344. The van der Waals surface area contributed by atoms with Gasteiger partial charge in [0.1, 0.15) is 5.82 Å². The standard InChI is InChI=1S/C31H30FN3O4S/c1-31(2,25-12-14-26(32)15-13-25)30(37)35-19-17-34(18-20-35)29(36)24-10-8-22(9-11-24)21-40(38,39)27-7-3-5-23-6-4-16-33-28(23)27/h3-16H,17-21H2,1-2H3. The molecule has 0 N–H and O–H groups in total. The van der Waals surface area contributed by atoms with Crippen LogP contribution < -0.4 is 0 Å². The maximum absolute atomic E-state index is 13.3. The van der Waals surface area contributed by atoms with E-state index in [0.29, 0.717) is 42.8 Å². The highest BCUT2D eigenvalue weighted by atomic mass is 32.2. The van der Waals surface area contributed by atoms with Crippen LogP contribution in [0.5, 0.6) is 0 Å². The van der Waals surface area contributed by atoms with Crippen molar-refractivity contribution in [3.8, 4) is 0 Å². The molecule has 4 aromatic rings. The van der Waals surface area contributed by atoms with Gasteiger partial charge in [-0.25, -0.2) is 12.8 Å². The van der Waals surface area contributed by atoms with Gasteiger partial charge in [-0.2, -0.15) is 0 Å². The van der Waals surface area contributed by atoms with Crippen molar-refractivity contribution < 1.29 is 22.4 Å². The Hall–Kier alpha value is -4.11. The van der Waals surface area contributed by atoms with Crippen LogP contribution in [0.3, 0.4) is 0 Å². The van der Waals surface area contributed by atoms with Crippen LogP contribution in [0.2, 0.25) is 0 Å². The predicted molar refractivity (Wildman–Crippen MR) is 151 cm³/mol. The molecule has 9 heteroatoms. The van der Waals surface area contributed by atoms with Gasteiger partial charge >= 0.3 is 0 Å². The molecule has 0 saturated carbocycles. The normalized spacial score (nSPS) is 14.4. The number of carbonyl (C=O) groups excluding carboxylic acids is 2. The van der Waals surface area contributed by atoms with E-state index in [2.05, 4.69) is 4.98 Å².